The van der Waals surface area contributed by atoms with Gasteiger partial charge in [0.2, 0.25) is 0 Å². The first-order valence-corrected chi connectivity index (χ1v) is 11.8. The average Bonchev–Trinajstić information content (AvgIpc) is 2.82. The molecular formula is C25H29FN4O3. The number of halogens is 1. The topological polar surface area (TPSA) is 74.8 Å². The van der Waals surface area contributed by atoms with Crippen molar-refractivity contribution in [3.8, 4) is 0 Å². The summed E-state index contributed by atoms with van der Waals surface area (Å²) in [4.78, 5) is 33.7. The van der Waals surface area contributed by atoms with Gasteiger partial charge in [-0.3, -0.25) is 9.59 Å². The molecule has 0 bridgehead atoms. The van der Waals surface area contributed by atoms with Crippen molar-refractivity contribution in [1.82, 2.24) is 15.2 Å². The number of likely N-dealkylation sites (tertiary alicyclic amines) is 1. The highest BCUT2D eigenvalue weighted by molar-refractivity contribution is 5.95. The van der Waals surface area contributed by atoms with Gasteiger partial charge < -0.3 is 19.9 Å². The molecule has 2 saturated heterocycles. The van der Waals surface area contributed by atoms with E-state index in [0.717, 1.165) is 50.2 Å². The van der Waals surface area contributed by atoms with Gasteiger partial charge in [-0.2, -0.15) is 0 Å². The molecule has 0 unspecified atom stereocenters. The number of nitrogens with zero attached hydrogens (tertiary/aromatic N) is 3. The summed E-state index contributed by atoms with van der Waals surface area (Å²) in [7, 11) is 0. The molecule has 3 aliphatic rings. The van der Waals surface area contributed by atoms with Gasteiger partial charge in [-0.1, -0.05) is 0 Å². The largest absolute Gasteiger partial charge is 0.381 e. The molecule has 1 aromatic carbocycles. The molecule has 2 fully saturated rings. The van der Waals surface area contributed by atoms with Crippen molar-refractivity contribution in [2.24, 2.45) is 5.92 Å². The molecule has 33 heavy (non-hydrogen) atoms. The average molecular weight is 453 g/mol. The molecule has 0 spiro atoms. The number of amides is 2. The fourth-order valence-corrected chi connectivity index (χ4v) is 4.70. The maximum absolute atomic E-state index is 14.8. The van der Waals surface area contributed by atoms with Crippen LogP contribution >= 0.6 is 0 Å². The predicted molar refractivity (Wildman–Crippen MR) is 122 cm³/mol. The Hall–Kier alpha value is -3.00. The van der Waals surface area contributed by atoms with Crippen LogP contribution in [-0.4, -0.2) is 61.1 Å². The van der Waals surface area contributed by atoms with Gasteiger partial charge in [0.15, 0.2) is 0 Å². The van der Waals surface area contributed by atoms with E-state index in [1.165, 1.54) is 18.6 Å². The highest BCUT2D eigenvalue weighted by Gasteiger charge is 2.25. The lowest BCUT2D eigenvalue weighted by atomic mass is 10.0. The van der Waals surface area contributed by atoms with Crippen molar-refractivity contribution in [1.29, 1.82) is 0 Å². The van der Waals surface area contributed by atoms with E-state index in [0.29, 0.717) is 43.5 Å². The van der Waals surface area contributed by atoms with E-state index in [2.05, 4.69) is 10.3 Å². The zero-order valence-corrected chi connectivity index (χ0v) is 18.7. The number of piperidine rings is 1. The van der Waals surface area contributed by atoms with Gasteiger partial charge in [0.1, 0.15) is 11.6 Å². The molecular weight excluding hydrogens is 423 g/mol. The minimum absolute atomic E-state index is 0.0339. The Labute approximate surface area is 192 Å². The molecule has 8 heteroatoms. The third-order valence-electron chi connectivity index (χ3n) is 6.68. The Bertz CT molecular complexity index is 1050. The first-order chi connectivity index (χ1) is 16.1. The van der Waals surface area contributed by atoms with Gasteiger partial charge in [-0.05, 0) is 61.9 Å². The van der Waals surface area contributed by atoms with Gasteiger partial charge in [-0.15, -0.1) is 0 Å². The Morgan fingerprint density at radius 1 is 1.09 bits per heavy atom. The maximum atomic E-state index is 14.8. The second-order valence-electron chi connectivity index (χ2n) is 9.09. The summed E-state index contributed by atoms with van der Waals surface area (Å²) in [6.45, 7) is 4.06. The number of carbonyl (C=O) groups excluding carboxylic acids is 2. The molecule has 2 aromatic rings. The van der Waals surface area contributed by atoms with Crippen molar-refractivity contribution in [2.75, 3.05) is 44.3 Å². The first-order valence-electron chi connectivity index (χ1n) is 11.8. The number of anilines is 2. The van der Waals surface area contributed by atoms with Crippen molar-refractivity contribution in [3.63, 3.8) is 0 Å². The number of ether oxygens (including phenoxy) is 1. The van der Waals surface area contributed by atoms with Crippen LogP contribution in [0.5, 0.6) is 0 Å². The van der Waals surface area contributed by atoms with Crippen molar-refractivity contribution in [3.05, 3.63) is 53.0 Å². The Morgan fingerprint density at radius 3 is 2.64 bits per heavy atom. The predicted octanol–water partition coefficient (Wildman–Crippen LogP) is 3.31. The lowest BCUT2D eigenvalue weighted by Gasteiger charge is -2.31. The zero-order chi connectivity index (χ0) is 22.8. The molecule has 5 rings (SSSR count). The number of benzene rings is 1. The van der Waals surface area contributed by atoms with Crippen LogP contribution in [0, 0.1) is 11.7 Å². The van der Waals surface area contributed by atoms with Crippen molar-refractivity contribution in [2.45, 2.75) is 32.1 Å². The quantitative estimate of drug-likeness (QED) is 0.754. The van der Waals surface area contributed by atoms with Gasteiger partial charge in [-0.25, -0.2) is 9.37 Å². The first kappa shape index (κ1) is 21.8. The van der Waals surface area contributed by atoms with Crippen LogP contribution in [0.15, 0.2) is 30.5 Å². The normalized spacial score (nSPS) is 18.5. The minimum atomic E-state index is -0.557. The molecule has 0 aliphatic carbocycles. The number of aromatic nitrogens is 1. The second-order valence-corrected chi connectivity index (χ2v) is 9.09. The molecule has 7 nitrogen and oxygen atoms in total. The van der Waals surface area contributed by atoms with Crippen LogP contribution in [0.25, 0.3) is 0 Å². The van der Waals surface area contributed by atoms with Gasteiger partial charge in [0.25, 0.3) is 11.8 Å². The fourth-order valence-electron chi connectivity index (χ4n) is 4.70. The van der Waals surface area contributed by atoms with E-state index >= 15 is 0 Å². The lowest BCUT2D eigenvalue weighted by molar-refractivity contribution is -0.0298. The summed E-state index contributed by atoms with van der Waals surface area (Å²) in [6, 6.07) is 6.62. The zero-order valence-electron chi connectivity index (χ0n) is 18.7. The minimum Gasteiger partial charge on any atom is -0.381 e. The summed E-state index contributed by atoms with van der Waals surface area (Å²) in [5.74, 6) is 0.122. The molecule has 3 aliphatic heterocycles. The summed E-state index contributed by atoms with van der Waals surface area (Å²) in [5.41, 5.74) is 2.30. The van der Waals surface area contributed by atoms with E-state index in [4.69, 9.17) is 4.74 Å². The van der Waals surface area contributed by atoms with Crippen LogP contribution in [0.4, 0.5) is 15.9 Å². The second kappa shape index (κ2) is 9.47. The summed E-state index contributed by atoms with van der Waals surface area (Å²) < 4.78 is 19.9. The van der Waals surface area contributed by atoms with Crippen LogP contribution < -0.4 is 10.2 Å². The van der Waals surface area contributed by atoms with E-state index < -0.39 is 11.7 Å². The maximum Gasteiger partial charge on any atom is 0.255 e. The van der Waals surface area contributed by atoms with Gasteiger partial charge in [0, 0.05) is 44.0 Å². The number of aryl methyl sites for hydroxylation is 1. The molecule has 0 radical (unpaired) electrons. The molecule has 4 heterocycles. The summed E-state index contributed by atoms with van der Waals surface area (Å²) in [5, 5.41) is 2.78. The number of rotatable bonds is 5. The number of hydrogen-bond acceptors (Lipinski definition) is 5. The number of pyridine rings is 1. The molecule has 174 valence electrons. The lowest BCUT2D eigenvalue weighted by Crippen LogP contribution is -2.39. The molecule has 1 N–H and O–H groups in total. The Morgan fingerprint density at radius 2 is 1.91 bits per heavy atom. The van der Waals surface area contributed by atoms with Gasteiger partial charge >= 0.3 is 0 Å². The van der Waals surface area contributed by atoms with E-state index in [1.54, 1.807) is 12.3 Å². The van der Waals surface area contributed by atoms with Crippen LogP contribution in [0.3, 0.4) is 0 Å². The standard InChI is InChI=1S/C25H29FN4O3/c26-22-12-20(6-7-21(22)24(31)28-13-17-15-33-16-17)30-10-4-5-18-11-19(14-27-23(18)30)25(32)29-8-2-1-3-9-29/h6-7,11-12,14,17H,1-5,8-10,13,15-16H2,(H,28,31). The third-order valence-corrected chi connectivity index (χ3v) is 6.68. The Kier molecular flexibility index (Phi) is 6.26. The van der Waals surface area contributed by atoms with Crippen molar-refractivity contribution < 1.29 is 18.7 Å². The number of hydrogen-bond donors (Lipinski definition) is 1. The molecule has 0 atom stereocenters. The highest BCUT2D eigenvalue weighted by atomic mass is 19.1. The van der Waals surface area contributed by atoms with E-state index in [-0.39, 0.29) is 11.5 Å². The number of fused-ring (bicyclic) bond motifs is 1. The van der Waals surface area contributed by atoms with Crippen LogP contribution in [0.2, 0.25) is 0 Å². The van der Waals surface area contributed by atoms with Crippen LogP contribution in [-0.2, 0) is 11.2 Å². The third kappa shape index (κ3) is 4.57. The van der Waals surface area contributed by atoms with E-state index in [9.17, 15) is 14.0 Å². The SMILES string of the molecule is O=C(NCC1COC1)c1ccc(N2CCCc3cc(C(=O)N4CCCCC4)cnc32)cc1F. The molecule has 0 saturated carbocycles. The van der Waals surface area contributed by atoms with Crippen LogP contribution in [0.1, 0.15) is 52.0 Å². The highest BCUT2D eigenvalue weighted by Crippen LogP contribution is 2.33. The smallest absolute Gasteiger partial charge is 0.255 e. The summed E-state index contributed by atoms with van der Waals surface area (Å²) in [6.07, 6.45) is 6.61. The number of nitrogens with one attached hydrogen (secondary N) is 1. The molecule has 2 amide bonds. The molecule has 1 aromatic heterocycles. The van der Waals surface area contributed by atoms with Gasteiger partial charge in [0.05, 0.1) is 24.3 Å². The van der Waals surface area contributed by atoms with Crippen molar-refractivity contribution >= 4 is 23.3 Å². The monoisotopic (exact) mass is 452 g/mol. The number of carbonyl (C=O) groups is 2. The fraction of sp³-hybridized carbons (Fsp3) is 0.480. The Balaban J connectivity index is 1.32. The summed E-state index contributed by atoms with van der Waals surface area (Å²) >= 11 is 0. The van der Waals surface area contributed by atoms with E-state index in [1.807, 2.05) is 15.9 Å².